The predicted molar refractivity (Wildman–Crippen MR) is 95.7 cm³/mol. The lowest BCUT2D eigenvalue weighted by atomic mass is 10.2. The van der Waals surface area contributed by atoms with Gasteiger partial charge < -0.3 is 25.4 Å². The van der Waals surface area contributed by atoms with E-state index in [1.54, 1.807) is 13.0 Å². The van der Waals surface area contributed by atoms with Crippen LogP contribution in [0.25, 0.3) is 0 Å². The Morgan fingerprint density at radius 1 is 0.962 bits per heavy atom. The standard InChI is InChI=1S/C19H21N3O4/c1-13(18(23)20-10-14-5-3-2-4-6-14)22-19(24)21-11-15-7-8-16-17(9-15)26-12-25-16/h2-9,13H,10-12H2,1H3,(H,20,23)(H2,21,22,24)/t13-/m0/s1. The molecule has 2 aromatic carbocycles. The van der Waals surface area contributed by atoms with Gasteiger partial charge in [0.2, 0.25) is 12.7 Å². The van der Waals surface area contributed by atoms with Crippen molar-refractivity contribution < 1.29 is 19.1 Å². The van der Waals surface area contributed by atoms with Gasteiger partial charge in [0.1, 0.15) is 6.04 Å². The summed E-state index contributed by atoms with van der Waals surface area (Å²) in [5, 5.41) is 8.14. The number of carbonyl (C=O) groups excluding carboxylic acids is 2. The summed E-state index contributed by atoms with van der Waals surface area (Å²) in [4.78, 5) is 24.1. The molecule has 1 aliphatic heterocycles. The van der Waals surface area contributed by atoms with E-state index < -0.39 is 12.1 Å². The molecule has 26 heavy (non-hydrogen) atoms. The van der Waals surface area contributed by atoms with E-state index in [0.29, 0.717) is 24.6 Å². The lowest BCUT2D eigenvalue weighted by Crippen LogP contribution is -2.48. The Morgan fingerprint density at radius 2 is 1.69 bits per heavy atom. The second kappa shape index (κ2) is 8.24. The van der Waals surface area contributed by atoms with Crippen molar-refractivity contribution in [1.82, 2.24) is 16.0 Å². The number of hydrogen-bond donors (Lipinski definition) is 3. The molecule has 3 rings (SSSR count). The molecule has 0 spiro atoms. The minimum atomic E-state index is -0.643. The number of fused-ring (bicyclic) bond motifs is 1. The van der Waals surface area contributed by atoms with E-state index in [0.717, 1.165) is 11.1 Å². The van der Waals surface area contributed by atoms with Crippen molar-refractivity contribution in [2.45, 2.75) is 26.1 Å². The molecule has 3 amide bonds. The van der Waals surface area contributed by atoms with Crippen LogP contribution in [0.5, 0.6) is 11.5 Å². The Bertz CT molecular complexity index is 780. The molecule has 0 aliphatic carbocycles. The summed E-state index contributed by atoms with van der Waals surface area (Å²) in [5.74, 6) is 1.12. The topological polar surface area (TPSA) is 88.7 Å². The maximum Gasteiger partial charge on any atom is 0.315 e. The molecule has 7 heteroatoms. The molecule has 7 nitrogen and oxygen atoms in total. The average Bonchev–Trinajstić information content (AvgIpc) is 3.13. The first kappa shape index (κ1) is 17.6. The van der Waals surface area contributed by atoms with Gasteiger partial charge in [-0.3, -0.25) is 4.79 Å². The van der Waals surface area contributed by atoms with Gasteiger partial charge in [0.25, 0.3) is 0 Å². The third-order valence-corrected chi connectivity index (χ3v) is 3.94. The van der Waals surface area contributed by atoms with Crippen LogP contribution < -0.4 is 25.4 Å². The number of amides is 3. The molecule has 136 valence electrons. The quantitative estimate of drug-likeness (QED) is 0.739. The van der Waals surface area contributed by atoms with Gasteiger partial charge >= 0.3 is 6.03 Å². The molecule has 3 N–H and O–H groups in total. The van der Waals surface area contributed by atoms with E-state index in [2.05, 4.69) is 16.0 Å². The summed E-state index contributed by atoms with van der Waals surface area (Å²) in [6.07, 6.45) is 0. The molecular formula is C19H21N3O4. The lowest BCUT2D eigenvalue weighted by molar-refractivity contribution is -0.122. The smallest absolute Gasteiger partial charge is 0.315 e. The van der Waals surface area contributed by atoms with Crippen LogP contribution in [0.3, 0.4) is 0 Å². The van der Waals surface area contributed by atoms with E-state index in [-0.39, 0.29) is 12.7 Å². The SMILES string of the molecule is C[C@H](NC(=O)NCc1ccc2c(c1)OCO2)C(=O)NCc1ccccc1. The molecule has 1 aliphatic rings. The fourth-order valence-electron chi connectivity index (χ4n) is 2.48. The van der Waals surface area contributed by atoms with Gasteiger partial charge in [-0.25, -0.2) is 4.79 Å². The Morgan fingerprint density at radius 3 is 2.50 bits per heavy atom. The van der Waals surface area contributed by atoms with Gasteiger partial charge in [0.05, 0.1) is 0 Å². The van der Waals surface area contributed by atoms with Gasteiger partial charge in [-0.2, -0.15) is 0 Å². The summed E-state index contributed by atoms with van der Waals surface area (Å²) in [5.41, 5.74) is 1.88. The number of benzene rings is 2. The highest BCUT2D eigenvalue weighted by Crippen LogP contribution is 2.32. The highest BCUT2D eigenvalue weighted by molar-refractivity contribution is 5.86. The summed E-state index contributed by atoms with van der Waals surface area (Å²) < 4.78 is 10.5. The van der Waals surface area contributed by atoms with Crippen molar-refractivity contribution in [1.29, 1.82) is 0 Å². The van der Waals surface area contributed by atoms with Crippen molar-refractivity contribution in [3.8, 4) is 11.5 Å². The number of hydrogen-bond acceptors (Lipinski definition) is 4. The van der Waals surface area contributed by atoms with Crippen LogP contribution >= 0.6 is 0 Å². The van der Waals surface area contributed by atoms with Crippen molar-refractivity contribution in [2.75, 3.05) is 6.79 Å². The Labute approximate surface area is 151 Å². The zero-order chi connectivity index (χ0) is 18.4. The molecule has 0 fully saturated rings. The molecule has 0 radical (unpaired) electrons. The van der Waals surface area contributed by atoms with Crippen LogP contribution in [0.1, 0.15) is 18.1 Å². The lowest BCUT2D eigenvalue weighted by Gasteiger charge is -2.15. The normalized spacial score (nSPS) is 13.0. The maximum absolute atomic E-state index is 12.1. The highest BCUT2D eigenvalue weighted by Gasteiger charge is 2.16. The number of carbonyl (C=O) groups is 2. The first-order valence-corrected chi connectivity index (χ1v) is 8.36. The van der Waals surface area contributed by atoms with Crippen LogP contribution in [0.2, 0.25) is 0 Å². The third kappa shape index (κ3) is 4.66. The van der Waals surface area contributed by atoms with Gasteiger partial charge in [-0.05, 0) is 30.2 Å². The van der Waals surface area contributed by atoms with Crippen LogP contribution in [0.4, 0.5) is 4.79 Å². The van der Waals surface area contributed by atoms with E-state index in [1.807, 2.05) is 42.5 Å². The molecule has 0 aromatic heterocycles. The zero-order valence-electron chi connectivity index (χ0n) is 14.5. The minimum Gasteiger partial charge on any atom is -0.454 e. The van der Waals surface area contributed by atoms with Crippen LogP contribution in [-0.4, -0.2) is 24.8 Å². The van der Waals surface area contributed by atoms with Gasteiger partial charge in [-0.15, -0.1) is 0 Å². The summed E-state index contributed by atoms with van der Waals surface area (Å²) in [6, 6.07) is 14.0. The Balaban J connectivity index is 1.41. The number of ether oxygens (including phenoxy) is 2. The van der Waals surface area contributed by atoms with E-state index >= 15 is 0 Å². The van der Waals surface area contributed by atoms with Crippen LogP contribution in [0.15, 0.2) is 48.5 Å². The predicted octanol–water partition coefficient (Wildman–Crippen LogP) is 1.92. The molecule has 0 saturated heterocycles. The fraction of sp³-hybridized carbons (Fsp3) is 0.263. The highest BCUT2D eigenvalue weighted by atomic mass is 16.7. The van der Waals surface area contributed by atoms with Gasteiger partial charge in [0, 0.05) is 13.1 Å². The molecule has 0 unspecified atom stereocenters. The van der Waals surface area contributed by atoms with Crippen LogP contribution in [0, 0.1) is 0 Å². The van der Waals surface area contributed by atoms with E-state index in [4.69, 9.17) is 9.47 Å². The first-order valence-electron chi connectivity index (χ1n) is 8.36. The van der Waals surface area contributed by atoms with E-state index in [9.17, 15) is 9.59 Å². The Hall–Kier alpha value is -3.22. The number of urea groups is 1. The largest absolute Gasteiger partial charge is 0.454 e. The van der Waals surface area contributed by atoms with Crippen molar-refractivity contribution in [3.63, 3.8) is 0 Å². The van der Waals surface area contributed by atoms with Crippen molar-refractivity contribution >= 4 is 11.9 Å². The van der Waals surface area contributed by atoms with Crippen LogP contribution in [-0.2, 0) is 17.9 Å². The molecule has 2 aromatic rings. The van der Waals surface area contributed by atoms with Crippen molar-refractivity contribution in [2.24, 2.45) is 0 Å². The molecule has 0 bridgehead atoms. The second-order valence-electron chi connectivity index (χ2n) is 5.94. The molecule has 1 heterocycles. The average molecular weight is 355 g/mol. The van der Waals surface area contributed by atoms with Crippen molar-refractivity contribution in [3.05, 3.63) is 59.7 Å². The first-order chi connectivity index (χ1) is 12.6. The monoisotopic (exact) mass is 355 g/mol. The third-order valence-electron chi connectivity index (χ3n) is 3.94. The molecular weight excluding hydrogens is 334 g/mol. The maximum atomic E-state index is 12.1. The van der Waals surface area contributed by atoms with Gasteiger partial charge in [-0.1, -0.05) is 36.4 Å². The van der Waals surface area contributed by atoms with Gasteiger partial charge in [0.15, 0.2) is 11.5 Å². The minimum absolute atomic E-state index is 0.211. The molecule has 0 saturated carbocycles. The number of nitrogens with one attached hydrogen (secondary N) is 3. The number of rotatable bonds is 6. The summed E-state index contributed by atoms with van der Waals surface area (Å²) >= 11 is 0. The Kier molecular flexibility index (Phi) is 5.58. The zero-order valence-corrected chi connectivity index (χ0v) is 14.5. The summed E-state index contributed by atoms with van der Waals surface area (Å²) in [7, 11) is 0. The second-order valence-corrected chi connectivity index (χ2v) is 5.94. The fourth-order valence-corrected chi connectivity index (χ4v) is 2.48. The molecule has 1 atom stereocenters. The van der Waals surface area contributed by atoms with E-state index in [1.165, 1.54) is 0 Å². The summed E-state index contributed by atoms with van der Waals surface area (Å²) in [6.45, 7) is 2.59.